The van der Waals surface area contributed by atoms with Crippen molar-refractivity contribution in [1.82, 2.24) is 0 Å². The van der Waals surface area contributed by atoms with Gasteiger partial charge in [-0.15, -0.1) is 0 Å². The Morgan fingerprint density at radius 3 is 1.90 bits per heavy atom. The summed E-state index contributed by atoms with van der Waals surface area (Å²) in [6.45, 7) is 3.10. The number of carbonyl (C=O) groups is 2. The Balaban J connectivity index is 4.01. The third kappa shape index (κ3) is 29.7. The van der Waals surface area contributed by atoms with Crippen LogP contribution in [0.2, 0.25) is 0 Å². The maximum absolute atomic E-state index is 12.3. The molecule has 0 aliphatic heterocycles. The Bertz CT molecular complexity index is 835. The average molecular weight is 616 g/mol. The SMILES string of the molecule is CCCCC/C=C\C/C=C\C/C=C\CCCCCCCCC(=O)OC(COC(C)=O)COP(=O)([O-])OCC[N+](C)(C)C. The Hall–Kier alpha value is -1.77. The monoisotopic (exact) mass is 615 g/mol. The number of allylic oxidation sites excluding steroid dienone is 6. The zero-order valence-electron chi connectivity index (χ0n) is 26.9. The van der Waals surface area contributed by atoms with E-state index in [2.05, 4.69) is 43.4 Å². The highest BCUT2D eigenvalue weighted by molar-refractivity contribution is 7.45. The van der Waals surface area contributed by atoms with Crippen molar-refractivity contribution in [1.29, 1.82) is 0 Å². The fourth-order valence-electron chi connectivity index (χ4n) is 3.74. The second-order valence-electron chi connectivity index (χ2n) is 11.5. The van der Waals surface area contributed by atoms with Gasteiger partial charge in [0.1, 0.15) is 19.8 Å². The predicted molar refractivity (Wildman–Crippen MR) is 167 cm³/mol. The lowest BCUT2D eigenvalue weighted by molar-refractivity contribution is -0.870. The number of phosphoric acid groups is 1. The third-order valence-corrected chi connectivity index (χ3v) is 7.19. The van der Waals surface area contributed by atoms with E-state index in [4.69, 9.17) is 18.5 Å². The molecule has 0 aromatic rings. The minimum atomic E-state index is -4.58. The number of hydrogen-bond acceptors (Lipinski definition) is 8. The highest BCUT2D eigenvalue weighted by Crippen LogP contribution is 2.38. The molecule has 0 N–H and O–H groups in total. The molecular weight excluding hydrogens is 557 g/mol. The van der Waals surface area contributed by atoms with Crippen LogP contribution in [0.4, 0.5) is 0 Å². The molecule has 0 aliphatic rings. The van der Waals surface area contributed by atoms with Crippen molar-refractivity contribution in [2.24, 2.45) is 0 Å². The van der Waals surface area contributed by atoms with Gasteiger partial charge in [0.05, 0.1) is 27.7 Å². The minimum Gasteiger partial charge on any atom is -0.756 e. The van der Waals surface area contributed by atoms with E-state index in [1.165, 1.54) is 32.6 Å². The van der Waals surface area contributed by atoms with Crippen LogP contribution in [0.1, 0.15) is 104 Å². The number of carbonyl (C=O) groups excluding carboxylic acids is 2. The average Bonchev–Trinajstić information content (AvgIpc) is 2.90. The lowest BCUT2D eigenvalue weighted by Crippen LogP contribution is -2.37. The molecule has 0 spiro atoms. The maximum Gasteiger partial charge on any atom is 0.306 e. The highest BCUT2D eigenvalue weighted by atomic mass is 31.2. The van der Waals surface area contributed by atoms with Crippen molar-refractivity contribution in [2.75, 3.05) is 47.5 Å². The topological polar surface area (TPSA) is 111 Å². The summed E-state index contributed by atoms with van der Waals surface area (Å²) in [6, 6.07) is 0. The Kier molecular flexibility index (Phi) is 24.6. The molecular formula is C32H58NO8P. The number of phosphoric ester groups is 1. The van der Waals surface area contributed by atoms with Crippen LogP contribution < -0.4 is 4.89 Å². The number of rotatable bonds is 27. The third-order valence-electron chi connectivity index (χ3n) is 6.22. The minimum absolute atomic E-state index is 0.0372. The molecule has 0 amide bonds. The van der Waals surface area contributed by atoms with Gasteiger partial charge in [0.15, 0.2) is 6.10 Å². The molecule has 10 heteroatoms. The van der Waals surface area contributed by atoms with Crippen molar-refractivity contribution >= 4 is 19.8 Å². The fraction of sp³-hybridized carbons (Fsp3) is 0.750. The number of nitrogens with zero attached hydrogens (tertiary/aromatic N) is 1. The number of hydrogen-bond donors (Lipinski definition) is 0. The number of ether oxygens (including phenoxy) is 2. The Morgan fingerprint density at radius 1 is 0.786 bits per heavy atom. The lowest BCUT2D eigenvalue weighted by atomic mass is 10.1. The zero-order valence-corrected chi connectivity index (χ0v) is 27.8. The molecule has 0 fully saturated rings. The van der Waals surface area contributed by atoms with Crippen LogP contribution in [0.25, 0.3) is 0 Å². The molecule has 0 aliphatic carbocycles. The summed E-state index contributed by atoms with van der Waals surface area (Å²) in [5, 5.41) is 0. The van der Waals surface area contributed by atoms with E-state index < -0.39 is 32.5 Å². The molecule has 0 saturated carbocycles. The molecule has 2 unspecified atom stereocenters. The normalized spacial score (nSPS) is 14.5. The summed E-state index contributed by atoms with van der Waals surface area (Å²) >= 11 is 0. The van der Waals surface area contributed by atoms with E-state index in [0.29, 0.717) is 17.4 Å². The van der Waals surface area contributed by atoms with Gasteiger partial charge >= 0.3 is 11.9 Å². The van der Waals surface area contributed by atoms with E-state index in [1.807, 2.05) is 21.1 Å². The maximum atomic E-state index is 12.3. The molecule has 244 valence electrons. The summed E-state index contributed by atoms with van der Waals surface area (Å²) < 4.78 is 32.5. The number of unbranched alkanes of at least 4 members (excludes halogenated alkanes) is 9. The van der Waals surface area contributed by atoms with Crippen LogP contribution in [-0.4, -0.2) is 70.0 Å². The number of esters is 2. The largest absolute Gasteiger partial charge is 0.756 e. The van der Waals surface area contributed by atoms with E-state index >= 15 is 0 Å². The van der Waals surface area contributed by atoms with Crippen LogP contribution in [-0.2, 0) is 32.7 Å². The first kappa shape index (κ1) is 40.2. The summed E-state index contributed by atoms with van der Waals surface area (Å²) in [5.74, 6) is -1.05. The summed E-state index contributed by atoms with van der Waals surface area (Å²) in [5.41, 5.74) is 0. The van der Waals surface area contributed by atoms with Gasteiger partial charge in [-0.1, -0.05) is 81.9 Å². The Morgan fingerprint density at radius 2 is 1.33 bits per heavy atom. The molecule has 0 rings (SSSR count). The molecule has 0 radical (unpaired) electrons. The first-order valence-electron chi connectivity index (χ1n) is 15.6. The second-order valence-corrected chi connectivity index (χ2v) is 13.0. The van der Waals surface area contributed by atoms with E-state index in [0.717, 1.165) is 51.4 Å². The van der Waals surface area contributed by atoms with Crippen LogP contribution in [0.15, 0.2) is 36.5 Å². The number of likely N-dealkylation sites (N-methyl/N-ethyl adjacent to an activating group) is 1. The molecule has 0 saturated heterocycles. The molecule has 0 bridgehead atoms. The van der Waals surface area contributed by atoms with Crippen molar-refractivity contribution < 1.29 is 42.1 Å². The van der Waals surface area contributed by atoms with Gasteiger partial charge in [-0.3, -0.25) is 14.2 Å². The fourth-order valence-corrected chi connectivity index (χ4v) is 4.47. The van der Waals surface area contributed by atoms with Gasteiger partial charge in [-0.05, 0) is 44.9 Å². The van der Waals surface area contributed by atoms with Crippen LogP contribution in [0.5, 0.6) is 0 Å². The molecule has 0 aromatic heterocycles. The van der Waals surface area contributed by atoms with E-state index in [-0.39, 0.29) is 19.6 Å². The van der Waals surface area contributed by atoms with E-state index in [1.54, 1.807) is 0 Å². The molecule has 42 heavy (non-hydrogen) atoms. The zero-order chi connectivity index (χ0) is 31.5. The van der Waals surface area contributed by atoms with Crippen LogP contribution >= 0.6 is 7.82 Å². The molecule has 9 nitrogen and oxygen atoms in total. The van der Waals surface area contributed by atoms with Gasteiger partial charge in [0, 0.05) is 13.3 Å². The van der Waals surface area contributed by atoms with Gasteiger partial charge in [-0.25, -0.2) is 0 Å². The summed E-state index contributed by atoms with van der Waals surface area (Å²) in [6.07, 6.45) is 26.8. The van der Waals surface area contributed by atoms with Crippen molar-refractivity contribution in [3.63, 3.8) is 0 Å². The van der Waals surface area contributed by atoms with Gasteiger partial charge in [0.2, 0.25) is 0 Å². The van der Waals surface area contributed by atoms with Crippen molar-refractivity contribution in [2.45, 2.75) is 110 Å². The Labute approximate surface area is 255 Å². The van der Waals surface area contributed by atoms with Crippen molar-refractivity contribution in [3.05, 3.63) is 36.5 Å². The molecule has 2 atom stereocenters. The standard InChI is InChI=1S/C32H58NO8P/c1-6-7-8-9-10-11-12-13-14-15-16-17-18-19-20-21-22-23-24-25-32(35)41-31(28-38-30(2)34)29-40-42(36,37)39-27-26-33(3,4)5/h10-11,13-14,16-17,31H,6-9,12,15,18-29H2,1-5H3/b11-10-,14-13-,17-16-. The predicted octanol–water partition coefficient (Wildman–Crippen LogP) is 6.82. The van der Waals surface area contributed by atoms with Gasteiger partial charge < -0.3 is 27.9 Å². The second kappa shape index (κ2) is 25.7. The van der Waals surface area contributed by atoms with Gasteiger partial charge in [0.25, 0.3) is 7.82 Å². The smallest absolute Gasteiger partial charge is 0.306 e. The molecule has 0 aromatic carbocycles. The first-order chi connectivity index (χ1) is 19.9. The summed E-state index contributed by atoms with van der Waals surface area (Å²) in [7, 11) is 1.14. The van der Waals surface area contributed by atoms with Gasteiger partial charge in [-0.2, -0.15) is 0 Å². The van der Waals surface area contributed by atoms with Crippen LogP contribution in [0.3, 0.4) is 0 Å². The lowest BCUT2D eigenvalue weighted by Gasteiger charge is -2.28. The van der Waals surface area contributed by atoms with Crippen molar-refractivity contribution in [3.8, 4) is 0 Å². The quantitative estimate of drug-likeness (QED) is 0.0325. The number of quaternary nitrogens is 1. The first-order valence-corrected chi connectivity index (χ1v) is 17.1. The van der Waals surface area contributed by atoms with E-state index in [9.17, 15) is 19.0 Å². The molecule has 0 heterocycles. The summed E-state index contributed by atoms with van der Waals surface area (Å²) in [4.78, 5) is 35.5. The van der Waals surface area contributed by atoms with Crippen LogP contribution in [0, 0.1) is 0 Å². The highest BCUT2D eigenvalue weighted by Gasteiger charge is 2.21.